The lowest BCUT2D eigenvalue weighted by atomic mass is 9.81. The zero-order valence-electron chi connectivity index (χ0n) is 65.0. The van der Waals surface area contributed by atoms with Gasteiger partial charge in [-0.2, -0.15) is 0 Å². The molecule has 3 saturated carbocycles. The van der Waals surface area contributed by atoms with Crippen LogP contribution in [0, 0.1) is 17.8 Å². The fraction of sp³-hybridized carbons (Fsp3) is 0.283. The summed E-state index contributed by atoms with van der Waals surface area (Å²) in [6.45, 7) is 6.38. The number of nitrogens with two attached hydrogens (primary N) is 3. The lowest BCUT2D eigenvalue weighted by molar-refractivity contribution is -0.125. The first kappa shape index (κ1) is 76.0. The number of amides is 4. The lowest BCUT2D eigenvalue weighted by Crippen LogP contribution is -2.38. The Labute approximate surface area is 667 Å². The molecule has 3 fully saturated rings. The van der Waals surface area contributed by atoms with Gasteiger partial charge in [-0.05, 0) is 138 Å². The Balaban J connectivity index is 0.000000130. The summed E-state index contributed by atoms with van der Waals surface area (Å²) in [5, 5.41) is 15.0. The number of rotatable bonds is 18. The maximum atomic E-state index is 11.8. The summed E-state index contributed by atoms with van der Waals surface area (Å²) in [5.41, 5.74) is 36.1. The molecule has 10 N–H and O–H groups in total. The van der Waals surface area contributed by atoms with Crippen LogP contribution in [0.2, 0.25) is 0 Å². The predicted molar refractivity (Wildman–Crippen MR) is 455 cm³/mol. The van der Waals surface area contributed by atoms with Crippen LogP contribution >= 0.6 is 0 Å². The molecule has 582 valence electrons. The van der Waals surface area contributed by atoms with Gasteiger partial charge in [0.25, 0.3) is 0 Å². The number of nitrogen functional groups attached to an aromatic ring is 3. The van der Waals surface area contributed by atoms with Crippen molar-refractivity contribution in [1.82, 2.24) is 79.3 Å². The smallest absolute Gasteiger partial charge is 0.314 e. The Kier molecular flexibility index (Phi) is 22.8. The van der Waals surface area contributed by atoms with E-state index in [-0.39, 0.29) is 24.5 Å². The molecular weight excluding hydrogens is 1440 g/mol. The SMILES string of the molecule is CC(=O)NCC1CCC(c2nc(-c3ccc4ccc(-c5ccccc5)nc4c3)c3c(N)nccn23)CC1.CCNC(=O)NCC1CCC(c2nc(-c3ccc4ccc(-c5ccccc5)nc4c3)c3c(N)nccn23)CC1.COCC(=O)NCC1CCC(c2nc(-c3ccc4ccc(-c5ccccc5)nc4c3)c3c(N)nccn23)CC1. The fourth-order valence-corrected chi connectivity index (χ4v) is 16.9. The number of imidazole rings is 3. The number of pyridine rings is 3. The topological polar surface area (TPSA) is 316 Å². The van der Waals surface area contributed by atoms with Gasteiger partial charge in [-0.3, -0.25) is 22.8 Å². The van der Waals surface area contributed by atoms with Crippen LogP contribution < -0.4 is 38.5 Å². The highest BCUT2D eigenvalue weighted by molar-refractivity contribution is 5.95. The van der Waals surface area contributed by atoms with Crippen molar-refractivity contribution in [2.75, 3.05) is 57.1 Å². The molecule has 23 nitrogen and oxygen atoms in total. The minimum atomic E-state index is -0.0905. The molecule has 15 aromatic rings. The molecule has 18 rings (SSSR count). The first-order valence-corrected chi connectivity index (χ1v) is 40.1. The number of hydrogen-bond donors (Lipinski definition) is 7. The summed E-state index contributed by atoms with van der Waals surface area (Å²) in [4.78, 5) is 78.5. The lowest BCUT2D eigenvalue weighted by Gasteiger charge is -2.28. The van der Waals surface area contributed by atoms with Gasteiger partial charge in [-0.25, -0.2) is 49.7 Å². The molecule has 0 saturated heterocycles. The standard InChI is InChI=1S/C31H33N7O.C31H32N6O2.C30H30N6O/c1-2-33-31(39)35-19-20-8-10-23(11-9-20)30-37-27(28-29(32)34-16-17-38(28)30)24-13-12-22-14-15-25(36-26(22)18-24)21-6-4-3-5-7-21;1-39-19-27(38)34-18-20-7-9-23(10-8-20)31-36-28(29-30(32)33-15-16-37(29)31)24-12-11-22-13-14-25(35-26(22)17-24)21-5-3-2-4-6-21;1-19(37)33-18-20-7-9-23(10-8-20)30-35-27(28-29(31)32-15-16-36(28)30)24-12-11-22-13-14-25(34-26(22)17-24)21-5-3-2-4-6-21/h3-7,12-18,20,23H,2,8-11,19H2,1H3,(H2,32,34)(H2,33,35,39);2-6,11-17,20,23H,7-10,18-19H2,1H3,(H2,32,33)(H,34,38);2-6,11-17,20,23H,7-10,18H2,1H3,(H2,31,32)(H,33,37). The Morgan fingerprint density at radius 1 is 0.391 bits per heavy atom. The van der Waals surface area contributed by atoms with Gasteiger partial charge in [-0.15, -0.1) is 0 Å². The minimum Gasteiger partial charge on any atom is -0.382 e. The largest absolute Gasteiger partial charge is 0.382 e. The average molecular weight is 1530 g/mol. The first-order valence-electron chi connectivity index (χ1n) is 40.1. The van der Waals surface area contributed by atoms with Crippen molar-refractivity contribution in [2.24, 2.45) is 17.8 Å². The van der Waals surface area contributed by atoms with E-state index in [0.717, 1.165) is 218 Å². The number of carbonyl (C=O) groups excluding carboxylic acids is 3. The van der Waals surface area contributed by atoms with E-state index in [1.165, 1.54) is 7.11 Å². The van der Waals surface area contributed by atoms with E-state index in [2.05, 4.69) is 177 Å². The molecule has 23 heteroatoms. The quantitative estimate of drug-likeness (QED) is 0.0420. The highest BCUT2D eigenvalue weighted by Gasteiger charge is 2.32. The van der Waals surface area contributed by atoms with Gasteiger partial charge in [0.1, 0.15) is 75.2 Å². The molecule has 9 aromatic heterocycles. The summed E-state index contributed by atoms with van der Waals surface area (Å²) < 4.78 is 11.3. The Hall–Kier alpha value is -13.0. The summed E-state index contributed by atoms with van der Waals surface area (Å²) in [6.07, 6.45) is 23.5. The molecule has 0 unspecified atom stereocenters. The third-order valence-electron chi connectivity index (χ3n) is 23.0. The highest BCUT2D eigenvalue weighted by atomic mass is 16.5. The zero-order chi connectivity index (χ0) is 78.9. The molecule has 6 aromatic carbocycles. The van der Waals surface area contributed by atoms with Crippen LogP contribution in [0.3, 0.4) is 0 Å². The Morgan fingerprint density at radius 3 is 1.03 bits per heavy atom. The van der Waals surface area contributed by atoms with Crippen molar-refractivity contribution in [2.45, 2.75) is 109 Å². The predicted octanol–water partition coefficient (Wildman–Crippen LogP) is 16.6. The van der Waals surface area contributed by atoms with Gasteiger partial charge < -0.3 is 43.2 Å². The molecule has 0 spiro atoms. The summed E-state index contributed by atoms with van der Waals surface area (Å²) >= 11 is 0. The molecule has 0 radical (unpaired) electrons. The summed E-state index contributed by atoms with van der Waals surface area (Å²) in [7, 11) is 1.53. The fourth-order valence-electron chi connectivity index (χ4n) is 16.9. The van der Waals surface area contributed by atoms with Crippen LogP contribution in [0.25, 0.3) is 117 Å². The number of nitrogens with zero attached hydrogens (tertiary/aromatic N) is 12. The second-order valence-electron chi connectivity index (χ2n) is 30.5. The van der Waals surface area contributed by atoms with Gasteiger partial charge in [0.15, 0.2) is 0 Å². The second-order valence-corrected chi connectivity index (χ2v) is 30.5. The molecule has 9 heterocycles. The molecule has 115 heavy (non-hydrogen) atoms. The van der Waals surface area contributed by atoms with E-state index >= 15 is 0 Å². The molecule has 0 bridgehead atoms. The van der Waals surface area contributed by atoms with Gasteiger partial charge in [0.2, 0.25) is 11.8 Å². The van der Waals surface area contributed by atoms with Gasteiger partial charge in [-0.1, -0.05) is 146 Å². The number of methoxy groups -OCH3 is 1. The monoisotopic (exact) mass is 1530 g/mol. The van der Waals surface area contributed by atoms with Crippen molar-refractivity contribution in [3.63, 3.8) is 0 Å². The van der Waals surface area contributed by atoms with Crippen LogP contribution in [0.4, 0.5) is 22.2 Å². The average Bonchev–Trinajstić information content (AvgIpc) is 1.63. The zero-order valence-corrected chi connectivity index (χ0v) is 65.0. The van der Waals surface area contributed by atoms with Crippen LogP contribution in [-0.2, 0) is 14.3 Å². The van der Waals surface area contributed by atoms with Crippen molar-refractivity contribution in [1.29, 1.82) is 0 Å². The van der Waals surface area contributed by atoms with E-state index < -0.39 is 0 Å². The van der Waals surface area contributed by atoms with Gasteiger partial charge in [0.05, 0.1) is 33.6 Å². The number of aromatic nitrogens is 12. The summed E-state index contributed by atoms with van der Waals surface area (Å²) in [6, 6.07) is 61.9. The van der Waals surface area contributed by atoms with E-state index in [1.807, 2.05) is 80.1 Å². The number of benzene rings is 6. The van der Waals surface area contributed by atoms with Crippen LogP contribution in [-0.4, -0.2) is 116 Å². The third-order valence-corrected chi connectivity index (χ3v) is 23.0. The number of urea groups is 1. The van der Waals surface area contributed by atoms with Crippen molar-refractivity contribution >= 4 is 84.6 Å². The summed E-state index contributed by atoms with van der Waals surface area (Å²) in [5.74, 6) is 6.87. The normalized spacial score (nSPS) is 17.5. The van der Waals surface area contributed by atoms with E-state index in [1.54, 1.807) is 25.5 Å². The number of carbonyl (C=O) groups is 3. The molecule has 0 aliphatic heterocycles. The third kappa shape index (κ3) is 16.9. The minimum absolute atomic E-state index is 0.0368. The van der Waals surface area contributed by atoms with E-state index in [9.17, 15) is 14.4 Å². The molecule has 3 aliphatic carbocycles. The maximum absolute atomic E-state index is 11.8. The number of ether oxygens (including phenoxy) is 1. The number of hydrogen-bond acceptors (Lipinski definition) is 16. The number of nitrogens with one attached hydrogen (secondary N) is 4. The Morgan fingerprint density at radius 2 is 0.713 bits per heavy atom. The van der Waals surface area contributed by atoms with Crippen molar-refractivity contribution in [3.8, 4) is 67.5 Å². The van der Waals surface area contributed by atoms with Crippen LogP contribution in [0.1, 0.15) is 126 Å². The van der Waals surface area contributed by atoms with Crippen LogP contribution in [0.15, 0.2) is 219 Å². The van der Waals surface area contributed by atoms with E-state index in [0.29, 0.717) is 72.6 Å². The van der Waals surface area contributed by atoms with Crippen molar-refractivity contribution in [3.05, 3.63) is 237 Å². The second kappa shape index (κ2) is 34.5. The van der Waals surface area contributed by atoms with Crippen molar-refractivity contribution < 1.29 is 19.1 Å². The molecule has 3 aliphatic rings. The highest BCUT2D eigenvalue weighted by Crippen LogP contribution is 2.43. The maximum Gasteiger partial charge on any atom is 0.314 e. The number of anilines is 3. The molecule has 0 atom stereocenters. The molecule has 4 amide bonds. The van der Waals surface area contributed by atoms with Crippen LogP contribution in [0.5, 0.6) is 0 Å². The molecular formula is C92H95N19O4. The van der Waals surface area contributed by atoms with Gasteiger partial charge >= 0.3 is 6.03 Å². The Bertz CT molecular complexity index is 5740. The van der Waals surface area contributed by atoms with E-state index in [4.69, 9.17) is 51.8 Å². The first-order chi connectivity index (χ1) is 56.3. The number of fused-ring (bicyclic) bond motifs is 6. The van der Waals surface area contributed by atoms with Gasteiger partial charge in [0, 0.05) is 145 Å².